The molecule has 0 unspecified atom stereocenters. The maximum atomic E-state index is 10.0. The molecule has 0 saturated heterocycles. The molecule has 0 bridgehead atoms. The molecule has 0 fully saturated rings. The zero-order chi connectivity index (χ0) is 14.1. The van der Waals surface area contributed by atoms with Gasteiger partial charge in [-0.3, -0.25) is 4.99 Å². The van der Waals surface area contributed by atoms with Crippen LogP contribution in [0.3, 0.4) is 0 Å². The van der Waals surface area contributed by atoms with E-state index in [2.05, 4.69) is 11.9 Å². The van der Waals surface area contributed by atoms with E-state index in [4.69, 9.17) is 0 Å². The molecule has 20 heavy (non-hydrogen) atoms. The average Bonchev–Trinajstić information content (AvgIpc) is 2.81. The van der Waals surface area contributed by atoms with E-state index in [0.29, 0.717) is 12.1 Å². The van der Waals surface area contributed by atoms with Gasteiger partial charge in [0.05, 0.1) is 12.3 Å². The third-order valence-corrected chi connectivity index (χ3v) is 3.44. The number of hydrogen-bond donors (Lipinski definition) is 2. The minimum Gasteiger partial charge on any atom is -0.508 e. The summed E-state index contributed by atoms with van der Waals surface area (Å²) in [6, 6.07) is 14.6. The topological polar surface area (TPSA) is 52.8 Å². The summed E-state index contributed by atoms with van der Waals surface area (Å²) < 4.78 is 0. The number of benzene rings is 2. The van der Waals surface area contributed by atoms with Crippen molar-refractivity contribution < 1.29 is 10.2 Å². The minimum absolute atomic E-state index is 0.0480. The quantitative estimate of drug-likeness (QED) is 0.874. The van der Waals surface area contributed by atoms with Crippen LogP contribution in [-0.2, 0) is 0 Å². The van der Waals surface area contributed by atoms with E-state index >= 15 is 0 Å². The Morgan fingerprint density at radius 3 is 2.45 bits per heavy atom. The van der Waals surface area contributed by atoms with Gasteiger partial charge in [-0.2, -0.15) is 0 Å². The fourth-order valence-corrected chi connectivity index (χ4v) is 2.49. The molecule has 1 heterocycles. The van der Waals surface area contributed by atoms with Crippen molar-refractivity contribution in [2.75, 3.05) is 6.54 Å². The molecule has 3 nitrogen and oxygen atoms in total. The Morgan fingerprint density at radius 2 is 1.75 bits per heavy atom. The van der Waals surface area contributed by atoms with Gasteiger partial charge in [0.25, 0.3) is 0 Å². The van der Waals surface area contributed by atoms with Crippen molar-refractivity contribution in [2.45, 2.75) is 6.92 Å². The number of aliphatic imine (C=N–C) groups is 1. The van der Waals surface area contributed by atoms with Gasteiger partial charge in [0.15, 0.2) is 0 Å². The van der Waals surface area contributed by atoms with Gasteiger partial charge in [-0.15, -0.1) is 0 Å². The smallest absolute Gasteiger partial charge is 0.128 e. The van der Waals surface area contributed by atoms with E-state index in [-0.39, 0.29) is 11.5 Å². The van der Waals surface area contributed by atoms with E-state index in [1.54, 1.807) is 12.1 Å². The Kier molecular flexibility index (Phi) is 3.03. The third-order valence-electron chi connectivity index (χ3n) is 3.44. The summed E-state index contributed by atoms with van der Waals surface area (Å²) in [6.45, 7) is 2.69. The molecule has 0 amide bonds. The lowest BCUT2D eigenvalue weighted by atomic mass is 9.93. The van der Waals surface area contributed by atoms with E-state index in [1.165, 1.54) is 11.6 Å². The van der Waals surface area contributed by atoms with Crippen LogP contribution in [0.2, 0.25) is 0 Å². The van der Waals surface area contributed by atoms with E-state index in [1.807, 2.05) is 30.3 Å². The Labute approximate surface area is 117 Å². The van der Waals surface area contributed by atoms with Crippen molar-refractivity contribution in [2.24, 2.45) is 4.99 Å². The number of aromatic hydroxyl groups is 2. The number of allylic oxidation sites excluding steroid dienone is 1. The lowest BCUT2D eigenvalue weighted by molar-refractivity contribution is 0.450. The lowest BCUT2D eigenvalue weighted by Crippen LogP contribution is -2.02. The van der Waals surface area contributed by atoms with Crippen molar-refractivity contribution in [3.8, 4) is 11.5 Å². The highest BCUT2D eigenvalue weighted by Crippen LogP contribution is 2.33. The molecule has 2 aromatic rings. The SMILES string of the molecule is CC1=C(c2ccccc2)C(c2ccc(O)cc2O)=NC1. The maximum absolute atomic E-state index is 10.0. The number of rotatable bonds is 2. The largest absolute Gasteiger partial charge is 0.508 e. The molecule has 0 radical (unpaired) electrons. The average molecular weight is 265 g/mol. The second-order valence-electron chi connectivity index (χ2n) is 4.89. The Hall–Kier alpha value is -2.55. The molecule has 2 N–H and O–H groups in total. The van der Waals surface area contributed by atoms with Crippen LogP contribution in [0.1, 0.15) is 18.1 Å². The van der Waals surface area contributed by atoms with Crippen molar-refractivity contribution in [3.05, 3.63) is 65.2 Å². The molecule has 0 spiro atoms. The first kappa shape index (κ1) is 12.5. The number of hydrogen-bond acceptors (Lipinski definition) is 3. The zero-order valence-electron chi connectivity index (χ0n) is 11.2. The molecule has 0 aliphatic carbocycles. The monoisotopic (exact) mass is 265 g/mol. The Balaban J connectivity index is 2.11. The van der Waals surface area contributed by atoms with Gasteiger partial charge < -0.3 is 10.2 Å². The van der Waals surface area contributed by atoms with Crippen LogP contribution in [0.5, 0.6) is 11.5 Å². The molecule has 0 atom stereocenters. The third kappa shape index (κ3) is 2.07. The van der Waals surface area contributed by atoms with Gasteiger partial charge >= 0.3 is 0 Å². The predicted molar refractivity (Wildman–Crippen MR) is 80.2 cm³/mol. The molecular formula is C17H15NO2. The van der Waals surface area contributed by atoms with Crippen LogP contribution in [0.4, 0.5) is 0 Å². The standard InChI is InChI=1S/C17H15NO2/c1-11-10-18-17(14-8-7-13(19)9-15(14)20)16(11)12-5-3-2-4-6-12/h2-9,19-20H,10H2,1H3. The van der Waals surface area contributed by atoms with Crippen molar-refractivity contribution >= 4 is 11.3 Å². The first-order valence-electron chi connectivity index (χ1n) is 6.49. The summed E-state index contributed by atoms with van der Waals surface area (Å²) in [5.74, 6) is 0.0960. The van der Waals surface area contributed by atoms with Gasteiger partial charge in [-0.25, -0.2) is 0 Å². The van der Waals surface area contributed by atoms with Crippen molar-refractivity contribution in [1.29, 1.82) is 0 Å². The van der Waals surface area contributed by atoms with Crippen LogP contribution in [0.25, 0.3) is 5.57 Å². The van der Waals surface area contributed by atoms with Crippen LogP contribution in [0, 0.1) is 0 Å². The second kappa shape index (κ2) is 4.85. The van der Waals surface area contributed by atoms with Crippen LogP contribution >= 0.6 is 0 Å². The summed E-state index contributed by atoms with van der Waals surface area (Å²) >= 11 is 0. The van der Waals surface area contributed by atoms with Gasteiger partial charge in [-0.1, -0.05) is 30.3 Å². The molecule has 3 rings (SSSR count). The summed E-state index contributed by atoms with van der Waals surface area (Å²) in [5, 5.41) is 19.4. The van der Waals surface area contributed by atoms with Crippen molar-refractivity contribution in [3.63, 3.8) is 0 Å². The highest BCUT2D eigenvalue weighted by Gasteiger charge is 2.22. The normalized spacial score (nSPS) is 14.6. The summed E-state index contributed by atoms with van der Waals surface area (Å²) in [7, 11) is 0. The number of phenolic OH excluding ortho intramolecular Hbond substituents is 2. The number of phenols is 2. The molecule has 3 heteroatoms. The summed E-state index contributed by atoms with van der Waals surface area (Å²) in [5.41, 5.74) is 4.77. The Bertz CT molecular complexity index is 715. The van der Waals surface area contributed by atoms with E-state index in [0.717, 1.165) is 16.8 Å². The molecule has 1 aliphatic rings. The summed E-state index contributed by atoms with van der Waals surface area (Å²) in [4.78, 5) is 4.54. The van der Waals surface area contributed by atoms with E-state index in [9.17, 15) is 10.2 Å². The molecule has 0 aromatic heterocycles. The van der Waals surface area contributed by atoms with Gasteiger partial charge in [0.2, 0.25) is 0 Å². The van der Waals surface area contributed by atoms with Gasteiger partial charge in [0, 0.05) is 17.2 Å². The highest BCUT2D eigenvalue weighted by atomic mass is 16.3. The highest BCUT2D eigenvalue weighted by molar-refractivity contribution is 6.34. The molecular weight excluding hydrogens is 250 g/mol. The zero-order valence-corrected chi connectivity index (χ0v) is 11.2. The second-order valence-corrected chi connectivity index (χ2v) is 4.89. The minimum atomic E-state index is 0.0480. The lowest BCUT2D eigenvalue weighted by Gasteiger charge is -2.11. The van der Waals surface area contributed by atoms with Gasteiger partial charge in [0.1, 0.15) is 11.5 Å². The first-order chi connectivity index (χ1) is 9.66. The van der Waals surface area contributed by atoms with Crippen LogP contribution in [0.15, 0.2) is 59.1 Å². The molecule has 2 aromatic carbocycles. The molecule has 1 aliphatic heterocycles. The fourth-order valence-electron chi connectivity index (χ4n) is 2.49. The fraction of sp³-hybridized carbons (Fsp3) is 0.118. The van der Waals surface area contributed by atoms with E-state index < -0.39 is 0 Å². The van der Waals surface area contributed by atoms with Crippen LogP contribution < -0.4 is 0 Å². The maximum Gasteiger partial charge on any atom is 0.128 e. The first-order valence-corrected chi connectivity index (χ1v) is 6.49. The summed E-state index contributed by atoms with van der Waals surface area (Å²) in [6.07, 6.45) is 0. The predicted octanol–water partition coefficient (Wildman–Crippen LogP) is 3.37. The van der Waals surface area contributed by atoms with Crippen LogP contribution in [-0.4, -0.2) is 22.5 Å². The van der Waals surface area contributed by atoms with Crippen molar-refractivity contribution in [1.82, 2.24) is 0 Å². The van der Waals surface area contributed by atoms with Gasteiger partial charge in [-0.05, 0) is 30.2 Å². The molecule has 100 valence electrons. The Morgan fingerprint density at radius 1 is 1.00 bits per heavy atom. The number of nitrogens with zero attached hydrogens (tertiary/aromatic N) is 1. The molecule has 0 saturated carbocycles.